The lowest BCUT2D eigenvalue weighted by atomic mass is 10.2. The number of carbonyl (C=O) groups is 1. The van der Waals surface area contributed by atoms with E-state index in [2.05, 4.69) is 15.5 Å². The van der Waals surface area contributed by atoms with Crippen LogP contribution in [-0.2, 0) is 11.3 Å². The van der Waals surface area contributed by atoms with Crippen LogP contribution in [0.1, 0.15) is 44.3 Å². The molecule has 164 valence electrons. The van der Waals surface area contributed by atoms with E-state index in [9.17, 15) is 9.18 Å². The summed E-state index contributed by atoms with van der Waals surface area (Å²) in [6.07, 6.45) is -0.395. The zero-order valence-electron chi connectivity index (χ0n) is 17.5. The summed E-state index contributed by atoms with van der Waals surface area (Å²) in [6.45, 7) is 6.32. The lowest BCUT2D eigenvalue weighted by molar-refractivity contribution is -0.118. The Labute approximate surface area is 190 Å². The molecule has 1 aromatic heterocycles. The molecule has 0 saturated heterocycles. The molecule has 0 saturated carbocycles. The van der Waals surface area contributed by atoms with E-state index in [0.717, 1.165) is 5.56 Å². The lowest BCUT2D eigenvalue weighted by Gasteiger charge is -2.18. The summed E-state index contributed by atoms with van der Waals surface area (Å²) < 4.78 is 21.0. The molecule has 0 bridgehead atoms. The van der Waals surface area contributed by atoms with Crippen LogP contribution >= 0.6 is 23.4 Å². The number of thioether (sulfide) groups is 1. The Morgan fingerprint density at radius 2 is 1.81 bits per heavy atom. The average molecular weight is 463 g/mol. The van der Waals surface area contributed by atoms with Gasteiger partial charge in [0.15, 0.2) is 17.1 Å². The van der Waals surface area contributed by atoms with Crippen LogP contribution < -0.4 is 10.1 Å². The van der Waals surface area contributed by atoms with Crippen molar-refractivity contribution in [2.45, 2.75) is 44.6 Å². The zero-order chi connectivity index (χ0) is 22.4. The van der Waals surface area contributed by atoms with Gasteiger partial charge in [0.25, 0.3) is 0 Å². The summed E-state index contributed by atoms with van der Waals surface area (Å²) in [6, 6.07) is 13.2. The monoisotopic (exact) mass is 462 g/mol. The fourth-order valence-electron chi connectivity index (χ4n) is 2.90. The van der Waals surface area contributed by atoms with Gasteiger partial charge in [-0.05, 0) is 62.7 Å². The molecule has 0 fully saturated rings. The Hall–Kier alpha value is -2.58. The van der Waals surface area contributed by atoms with Gasteiger partial charge in [-0.3, -0.25) is 4.79 Å². The third kappa shape index (κ3) is 6.45. The number of nitrogens with zero attached hydrogens (tertiary/aromatic N) is 3. The number of amides is 1. The van der Waals surface area contributed by atoms with E-state index in [-0.39, 0.29) is 23.5 Å². The Kier molecular flexibility index (Phi) is 7.92. The fourth-order valence-corrected chi connectivity index (χ4v) is 3.93. The normalized spacial score (nSPS) is 12.1. The third-order valence-corrected chi connectivity index (χ3v) is 5.63. The molecule has 3 aromatic rings. The third-order valence-electron chi connectivity index (χ3n) is 4.43. The predicted molar refractivity (Wildman–Crippen MR) is 120 cm³/mol. The maximum atomic E-state index is 13.1. The second-order valence-electron chi connectivity index (χ2n) is 7.21. The van der Waals surface area contributed by atoms with Gasteiger partial charge in [-0.2, -0.15) is 0 Å². The van der Waals surface area contributed by atoms with Crippen LogP contribution in [0.3, 0.4) is 0 Å². The summed E-state index contributed by atoms with van der Waals surface area (Å²) in [5.74, 6) is 0.978. The molecule has 6 nitrogen and oxygen atoms in total. The molecule has 9 heteroatoms. The molecular weight excluding hydrogens is 439 g/mol. The highest BCUT2D eigenvalue weighted by Gasteiger charge is 2.22. The largest absolute Gasteiger partial charge is 0.483 e. The topological polar surface area (TPSA) is 69.0 Å². The van der Waals surface area contributed by atoms with Crippen molar-refractivity contribution in [3.05, 3.63) is 70.8 Å². The molecule has 31 heavy (non-hydrogen) atoms. The number of ether oxygens (including phenoxy) is 1. The number of benzene rings is 2. The van der Waals surface area contributed by atoms with Crippen molar-refractivity contribution in [2.75, 3.05) is 5.75 Å². The van der Waals surface area contributed by atoms with Gasteiger partial charge in [0.1, 0.15) is 11.6 Å². The molecule has 3 rings (SSSR count). The molecule has 1 amide bonds. The minimum atomic E-state index is -0.395. The van der Waals surface area contributed by atoms with E-state index in [1.165, 1.54) is 23.9 Å². The minimum absolute atomic E-state index is 0.0731. The van der Waals surface area contributed by atoms with Gasteiger partial charge < -0.3 is 14.6 Å². The predicted octanol–water partition coefficient (Wildman–Crippen LogP) is 5.20. The highest BCUT2D eigenvalue weighted by atomic mass is 35.5. The van der Waals surface area contributed by atoms with Crippen molar-refractivity contribution in [2.24, 2.45) is 0 Å². The Morgan fingerprint density at radius 1 is 1.13 bits per heavy atom. The number of carbonyl (C=O) groups excluding carboxylic acids is 1. The van der Waals surface area contributed by atoms with Crippen LogP contribution in [0, 0.1) is 5.82 Å². The smallest absolute Gasteiger partial charge is 0.230 e. The second kappa shape index (κ2) is 10.6. The SMILES string of the molecule is CC(Oc1ccc(F)cc1)c1nnc(SCC(=O)NCc2ccc(Cl)cc2)n1C(C)C. The molecule has 0 aliphatic rings. The molecule has 1 N–H and O–H groups in total. The number of hydrogen-bond donors (Lipinski definition) is 1. The maximum Gasteiger partial charge on any atom is 0.230 e. The first-order valence-electron chi connectivity index (χ1n) is 9.84. The van der Waals surface area contributed by atoms with Crippen molar-refractivity contribution >= 4 is 29.3 Å². The fraction of sp³-hybridized carbons (Fsp3) is 0.318. The number of rotatable bonds is 9. The maximum absolute atomic E-state index is 13.1. The van der Waals surface area contributed by atoms with Gasteiger partial charge in [0, 0.05) is 17.6 Å². The van der Waals surface area contributed by atoms with Gasteiger partial charge in [-0.1, -0.05) is 35.5 Å². The van der Waals surface area contributed by atoms with E-state index in [0.29, 0.717) is 28.3 Å². The highest BCUT2D eigenvalue weighted by molar-refractivity contribution is 7.99. The first-order valence-corrected chi connectivity index (χ1v) is 11.2. The van der Waals surface area contributed by atoms with Crippen LogP contribution in [0.4, 0.5) is 4.39 Å². The molecule has 1 atom stereocenters. The number of hydrogen-bond acceptors (Lipinski definition) is 5. The summed E-state index contributed by atoms with van der Waals surface area (Å²) in [5, 5.41) is 12.7. The standard InChI is InChI=1S/C22H24ClFN4O2S/c1-14(2)28-21(15(3)30-19-10-8-18(24)9-11-19)26-27-22(28)31-13-20(29)25-12-16-4-6-17(23)7-5-16/h4-11,14-15H,12-13H2,1-3H3,(H,25,29). The zero-order valence-corrected chi connectivity index (χ0v) is 19.1. The molecule has 0 aliphatic carbocycles. The van der Waals surface area contributed by atoms with E-state index in [1.54, 1.807) is 24.3 Å². The van der Waals surface area contributed by atoms with Crippen LogP contribution in [0.25, 0.3) is 0 Å². The summed E-state index contributed by atoms with van der Waals surface area (Å²) in [4.78, 5) is 12.3. The van der Waals surface area contributed by atoms with Crippen molar-refractivity contribution in [3.63, 3.8) is 0 Å². The second-order valence-corrected chi connectivity index (χ2v) is 8.59. The van der Waals surface area contributed by atoms with Crippen LogP contribution in [0.5, 0.6) is 5.75 Å². The van der Waals surface area contributed by atoms with Gasteiger partial charge in [-0.15, -0.1) is 10.2 Å². The first kappa shape index (κ1) is 23.1. The van der Waals surface area contributed by atoms with E-state index < -0.39 is 6.10 Å². The van der Waals surface area contributed by atoms with Gasteiger partial charge >= 0.3 is 0 Å². The quantitative estimate of drug-likeness (QED) is 0.442. The Bertz CT molecular complexity index is 1010. The molecular formula is C22H24ClFN4O2S. The number of nitrogens with one attached hydrogen (secondary N) is 1. The van der Waals surface area contributed by atoms with Gasteiger partial charge in [0.2, 0.25) is 5.91 Å². The Morgan fingerprint density at radius 3 is 2.45 bits per heavy atom. The van der Waals surface area contributed by atoms with Crippen molar-refractivity contribution in [1.29, 1.82) is 0 Å². The molecule has 0 aliphatic heterocycles. The van der Waals surface area contributed by atoms with Gasteiger partial charge in [0.05, 0.1) is 5.75 Å². The van der Waals surface area contributed by atoms with E-state index in [1.807, 2.05) is 37.5 Å². The summed E-state index contributed by atoms with van der Waals surface area (Å²) in [7, 11) is 0. The minimum Gasteiger partial charge on any atom is -0.483 e. The summed E-state index contributed by atoms with van der Waals surface area (Å²) >= 11 is 7.20. The van der Waals surface area contributed by atoms with E-state index >= 15 is 0 Å². The molecule has 1 heterocycles. The molecule has 0 radical (unpaired) electrons. The molecule has 2 aromatic carbocycles. The first-order chi connectivity index (χ1) is 14.8. The van der Waals surface area contributed by atoms with Crippen LogP contribution in [0.2, 0.25) is 5.02 Å². The average Bonchev–Trinajstić information content (AvgIpc) is 3.18. The Balaban J connectivity index is 1.60. The lowest BCUT2D eigenvalue weighted by Crippen LogP contribution is -2.24. The van der Waals surface area contributed by atoms with Crippen molar-refractivity contribution in [3.8, 4) is 5.75 Å². The van der Waals surface area contributed by atoms with Crippen molar-refractivity contribution in [1.82, 2.24) is 20.1 Å². The highest BCUT2D eigenvalue weighted by Crippen LogP contribution is 2.27. The van der Waals surface area contributed by atoms with Crippen LogP contribution in [-0.4, -0.2) is 26.4 Å². The number of aromatic nitrogens is 3. The van der Waals surface area contributed by atoms with Gasteiger partial charge in [-0.25, -0.2) is 4.39 Å². The summed E-state index contributed by atoms with van der Waals surface area (Å²) in [5.41, 5.74) is 0.974. The molecule has 0 spiro atoms. The number of halogens is 2. The van der Waals surface area contributed by atoms with E-state index in [4.69, 9.17) is 16.3 Å². The van der Waals surface area contributed by atoms with Crippen molar-refractivity contribution < 1.29 is 13.9 Å². The van der Waals surface area contributed by atoms with Crippen LogP contribution in [0.15, 0.2) is 53.7 Å². The molecule has 1 unspecified atom stereocenters.